The zero-order valence-corrected chi connectivity index (χ0v) is 9.06. The molecule has 0 aliphatic carbocycles. The highest BCUT2D eigenvalue weighted by atomic mass is 16.3. The summed E-state index contributed by atoms with van der Waals surface area (Å²) < 4.78 is 0. The summed E-state index contributed by atoms with van der Waals surface area (Å²) in [7, 11) is 0. The molecule has 0 bridgehead atoms. The van der Waals surface area contributed by atoms with E-state index in [1.807, 2.05) is 24.3 Å². The fraction of sp³-hybridized carbons (Fsp3) is 0.143. The van der Waals surface area contributed by atoms with Crippen molar-refractivity contribution in [3.8, 4) is 0 Å². The molecule has 2 heteroatoms. The number of aliphatic hydroxyl groups is 1. The Kier molecular flexibility index (Phi) is 2.93. The maximum absolute atomic E-state index is 9.12. The minimum Gasteiger partial charge on any atom is -0.513 e. The first-order valence-electron chi connectivity index (χ1n) is 5.28. The molecule has 0 saturated carbocycles. The Balaban J connectivity index is 2.35. The lowest BCUT2D eigenvalue weighted by atomic mass is 10.00. The smallest absolute Gasteiger partial charge is 0.0870 e. The van der Waals surface area contributed by atoms with Gasteiger partial charge in [-0.15, -0.1) is 0 Å². The van der Waals surface area contributed by atoms with Crippen molar-refractivity contribution in [3.63, 3.8) is 0 Å². The molecule has 16 heavy (non-hydrogen) atoms. The molecule has 2 aromatic rings. The van der Waals surface area contributed by atoms with Gasteiger partial charge in [0.2, 0.25) is 0 Å². The molecule has 0 fully saturated rings. The summed E-state index contributed by atoms with van der Waals surface area (Å²) in [5.41, 5.74) is 6.99. The standard InChI is InChI=1S/C14H15NO/c1-10(16)8-14(15)13-7-6-11-4-2-3-5-12(11)9-13/h2-7,9,14,16H,1,8,15H2. The van der Waals surface area contributed by atoms with Gasteiger partial charge < -0.3 is 10.8 Å². The van der Waals surface area contributed by atoms with Crippen LogP contribution in [0.4, 0.5) is 0 Å². The van der Waals surface area contributed by atoms with Crippen molar-refractivity contribution >= 4 is 10.8 Å². The second-order valence-corrected chi connectivity index (χ2v) is 3.98. The van der Waals surface area contributed by atoms with Crippen LogP contribution in [0.15, 0.2) is 54.8 Å². The Hall–Kier alpha value is -1.80. The van der Waals surface area contributed by atoms with Crippen molar-refractivity contribution in [1.29, 1.82) is 0 Å². The molecule has 0 amide bonds. The molecule has 0 heterocycles. The Morgan fingerprint density at radius 2 is 1.88 bits per heavy atom. The highest BCUT2D eigenvalue weighted by Gasteiger charge is 2.07. The van der Waals surface area contributed by atoms with Crippen LogP contribution in [0.1, 0.15) is 18.0 Å². The van der Waals surface area contributed by atoms with E-state index >= 15 is 0 Å². The molecule has 1 unspecified atom stereocenters. The van der Waals surface area contributed by atoms with Gasteiger partial charge in [-0.05, 0) is 22.4 Å². The van der Waals surface area contributed by atoms with E-state index in [4.69, 9.17) is 10.8 Å². The normalized spacial score (nSPS) is 12.6. The van der Waals surface area contributed by atoms with Crippen LogP contribution in [0.5, 0.6) is 0 Å². The fourth-order valence-electron chi connectivity index (χ4n) is 1.81. The molecule has 1 atom stereocenters. The zero-order valence-electron chi connectivity index (χ0n) is 9.06. The molecule has 0 aliphatic heterocycles. The van der Waals surface area contributed by atoms with E-state index in [1.165, 1.54) is 10.8 Å². The predicted octanol–water partition coefficient (Wildman–Crippen LogP) is 3.30. The van der Waals surface area contributed by atoms with Gasteiger partial charge in [-0.2, -0.15) is 0 Å². The minimum absolute atomic E-state index is 0.126. The first kappa shape index (κ1) is 10.7. The average Bonchev–Trinajstić information content (AvgIpc) is 2.27. The Bertz CT molecular complexity index is 519. The van der Waals surface area contributed by atoms with E-state index in [2.05, 4.69) is 24.8 Å². The van der Waals surface area contributed by atoms with Crippen LogP contribution in [0.25, 0.3) is 10.8 Å². The van der Waals surface area contributed by atoms with Crippen LogP contribution in [-0.4, -0.2) is 5.11 Å². The summed E-state index contributed by atoms with van der Waals surface area (Å²) in [5.74, 6) is 0.126. The van der Waals surface area contributed by atoms with Gasteiger partial charge in [-0.1, -0.05) is 43.0 Å². The van der Waals surface area contributed by atoms with Crippen LogP contribution < -0.4 is 5.73 Å². The van der Waals surface area contributed by atoms with E-state index in [0.29, 0.717) is 6.42 Å². The quantitative estimate of drug-likeness (QED) is 0.768. The number of hydrogen-bond donors (Lipinski definition) is 2. The Morgan fingerprint density at radius 3 is 2.56 bits per heavy atom. The van der Waals surface area contributed by atoms with E-state index in [1.54, 1.807) is 0 Å². The van der Waals surface area contributed by atoms with Crippen molar-refractivity contribution in [3.05, 3.63) is 60.4 Å². The van der Waals surface area contributed by atoms with Gasteiger partial charge in [0.15, 0.2) is 0 Å². The number of benzene rings is 2. The largest absolute Gasteiger partial charge is 0.513 e. The van der Waals surface area contributed by atoms with Crippen molar-refractivity contribution in [1.82, 2.24) is 0 Å². The topological polar surface area (TPSA) is 46.2 Å². The predicted molar refractivity (Wildman–Crippen MR) is 67.3 cm³/mol. The van der Waals surface area contributed by atoms with Crippen LogP contribution >= 0.6 is 0 Å². The van der Waals surface area contributed by atoms with Crippen molar-refractivity contribution in [2.24, 2.45) is 5.73 Å². The van der Waals surface area contributed by atoms with E-state index in [-0.39, 0.29) is 11.8 Å². The first-order valence-corrected chi connectivity index (χ1v) is 5.28. The van der Waals surface area contributed by atoms with Gasteiger partial charge in [-0.25, -0.2) is 0 Å². The molecule has 0 aliphatic rings. The summed E-state index contributed by atoms with van der Waals surface area (Å²) in [6, 6.07) is 14.0. The van der Waals surface area contributed by atoms with Crippen LogP contribution in [0.2, 0.25) is 0 Å². The SMILES string of the molecule is C=C(O)CC(N)c1ccc2ccccc2c1. The van der Waals surface area contributed by atoms with Gasteiger partial charge >= 0.3 is 0 Å². The van der Waals surface area contributed by atoms with Crippen molar-refractivity contribution in [2.75, 3.05) is 0 Å². The van der Waals surface area contributed by atoms with Crippen LogP contribution in [0.3, 0.4) is 0 Å². The third-order valence-electron chi connectivity index (χ3n) is 2.66. The molecule has 2 aromatic carbocycles. The lowest BCUT2D eigenvalue weighted by Gasteiger charge is -2.11. The van der Waals surface area contributed by atoms with E-state index in [0.717, 1.165) is 5.56 Å². The van der Waals surface area contributed by atoms with Gasteiger partial charge in [0.1, 0.15) is 0 Å². The number of aliphatic hydroxyl groups excluding tert-OH is 1. The Morgan fingerprint density at radius 1 is 1.19 bits per heavy atom. The zero-order chi connectivity index (χ0) is 11.5. The van der Waals surface area contributed by atoms with Crippen molar-refractivity contribution < 1.29 is 5.11 Å². The summed E-state index contributed by atoms with van der Waals surface area (Å²) in [6.07, 6.45) is 0.401. The number of rotatable bonds is 3. The van der Waals surface area contributed by atoms with Crippen molar-refractivity contribution in [2.45, 2.75) is 12.5 Å². The summed E-state index contributed by atoms with van der Waals surface area (Å²) >= 11 is 0. The Labute approximate surface area is 95.0 Å². The molecule has 0 aromatic heterocycles. The molecule has 3 N–H and O–H groups in total. The minimum atomic E-state index is -0.192. The first-order chi connectivity index (χ1) is 7.66. The van der Waals surface area contributed by atoms with Gasteiger partial charge in [0.25, 0.3) is 0 Å². The summed E-state index contributed by atoms with van der Waals surface area (Å²) in [4.78, 5) is 0. The third kappa shape index (κ3) is 2.23. The summed E-state index contributed by atoms with van der Waals surface area (Å²) in [5, 5.41) is 11.5. The molecular formula is C14H15NO. The molecule has 0 radical (unpaired) electrons. The molecule has 0 spiro atoms. The number of hydrogen-bond acceptors (Lipinski definition) is 2. The van der Waals surface area contributed by atoms with Gasteiger partial charge in [0, 0.05) is 12.5 Å². The molecule has 2 rings (SSSR count). The second-order valence-electron chi connectivity index (χ2n) is 3.98. The number of nitrogens with two attached hydrogens (primary N) is 1. The molecule has 2 nitrogen and oxygen atoms in total. The monoisotopic (exact) mass is 213 g/mol. The fourth-order valence-corrected chi connectivity index (χ4v) is 1.81. The lowest BCUT2D eigenvalue weighted by Crippen LogP contribution is -2.10. The highest BCUT2D eigenvalue weighted by molar-refractivity contribution is 5.83. The molecular weight excluding hydrogens is 198 g/mol. The van der Waals surface area contributed by atoms with Crippen LogP contribution in [0, 0.1) is 0 Å². The van der Waals surface area contributed by atoms with Crippen LogP contribution in [-0.2, 0) is 0 Å². The molecule has 82 valence electrons. The summed E-state index contributed by atoms with van der Waals surface area (Å²) in [6.45, 7) is 3.46. The van der Waals surface area contributed by atoms with E-state index < -0.39 is 0 Å². The van der Waals surface area contributed by atoms with E-state index in [9.17, 15) is 0 Å². The van der Waals surface area contributed by atoms with Gasteiger partial charge in [-0.3, -0.25) is 0 Å². The third-order valence-corrected chi connectivity index (χ3v) is 2.66. The number of fused-ring (bicyclic) bond motifs is 1. The average molecular weight is 213 g/mol. The maximum Gasteiger partial charge on any atom is 0.0870 e. The second kappa shape index (κ2) is 4.37. The van der Waals surface area contributed by atoms with Gasteiger partial charge in [0.05, 0.1) is 5.76 Å². The highest BCUT2D eigenvalue weighted by Crippen LogP contribution is 2.22. The molecule has 0 saturated heterocycles. The maximum atomic E-state index is 9.12. The lowest BCUT2D eigenvalue weighted by molar-refractivity contribution is 0.378.